The molecule has 4 heteroatoms. The molecule has 0 saturated heterocycles. The van der Waals surface area contributed by atoms with E-state index in [0.717, 1.165) is 11.0 Å². The SMILES string of the molecule is CC(C)COc1c(C(N)=S)oc2ccccc12. The molecule has 0 atom stereocenters. The van der Waals surface area contributed by atoms with Gasteiger partial charge in [-0.2, -0.15) is 0 Å². The molecule has 1 aromatic carbocycles. The predicted molar refractivity (Wildman–Crippen MR) is 72.4 cm³/mol. The number of nitrogens with two attached hydrogens (primary N) is 1. The second-order valence-electron chi connectivity index (χ2n) is 4.33. The lowest BCUT2D eigenvalue weighted by atomic mass is 10.2. The van der Waals surface area contributed by atoms with Gasteiger partial charge in [-0.3, -0.25) is 0 Å². The van der Waals surface area contributed by atoms with Crippen molar-refractivity contribution in [2.75, 3.05) is 6.61 Å². The number of para-hydroxylation sites is 1. The maximum absolute atomic E-state index is 5.75. The Kier molecular flexibility index (Phi) is 3.33. The van der Waals surface area contributed by atoms with Crippen LogP contribution in [-0.2, 0) is 0 Å². The van der Waals surface area contributed by atoms with Crippen molar-refractivity contribution < 1.29 is 9.15 Å². The summed E-state index contributed by atoms with van der Waals surface area (Å²) in [6, 6.07) is 7.65. The Labute approximate surface area is 106 Å². The number of furan rings is 1. The van der Waals surface area contributed by atoms with Gasteiger partial charge in [-0.05, 0) is 18.1 Å². The van der Waals surface area contributed by atoms with E-state index < -0.39 is 0 Å². The van der Waals surface area contributed by atoms with Crippen molar-refractivity contribution >= 4 is 28.2 Å². The zero-order chi connectivity index (χ0) is 12.4. The van der Waals surface area contributed by atoms with E-state index in [-0.39, 0.29) is 4.99 Å². The van der Waals surface area contributed by atoms with Crippen LogP contribution in [0.5, 0.6) is 5.75 Å². The average Bonchev–Trinajstić information content (AvgIpc) is 2.65. The number of fused-ring (bicyclic) bond motifs is 1. The van der Waals surface area contributed by atoms with E-state index >= 15 is 0 Å². The Morgan fingerprint density at radius 3 is 2.76 bits per heavy atom. The molecule has 0 aliphatic heterocycles. The molecule has 1 heterocycles. The second kappa shape index (κ2) is 4.75. The third-order valence-corrected chi connectivity index (χ3v) is 2.52. The molecule has 0 bridgehead atoms. The summed E-state index contributed by atoms with van der Waals surface area (Å²) in [6.07, 6.45) is 0. The molecule has 2 N–H and O–H groups in total. The number of ether oxygens (including phenoxy) is 1. The van der Waals surface area contributed by atoms with Crippen molar-refractivity contribution in [1.82, 2.24) is 0 Å². The number of hydrogen-bond donors (Lipinski definition) is 1. The minimum atomic E-state index is 0.222. The van der Waals surface area contributed by atoms with Crippen LogP contribution in [0.3, 0.4) is 0 Å². The Bertz CT molecular complexity index is 545. The first kappa shape index (κ1) is 11.9. The van der Waals surface area contributed by atoms with Gasteiger partial charge in [-0.25, -0.2) is 0 Å². The lowest BCUT2D eigenvalue weighted by Crippen LogP contribution is -2.12. The molecule has 0 unspecified atom stereocenters. The average molecular weight is 249 g/mol. The molecule has 0 aliphatic rings. The van der Waals surface area contributed by atoms with Crippen molar-refractivity contribution in [3.8, 4) is 5.75 Å². The summed E-state index contributed by atoms with van der Waals surface area (Å²) in [5.41, 5.74) is 6.39. The van der Waals surface area contributed by atoms with E-state index in [1.165, 1.54) is 0 Å². The Morgan fingerprint density at radius 1 is 1.41 bits per heavy atom. The van der Waals surface area contributed by atoms with Gasteiger partial charge in [-0.15, -0.1) is 0 Å². The van der Waals surface area contributed by atoms with E-state index in [4.69, 9.17) is 27.1 Å². The van der Waals surface area contributed by atoms with Gasteiger partial charge in [-0.1, -0.05) is 38.2 Å². The molecule has 0 amide bonds. The first-order chi connectivity index (χ1) is 8.09. The van der Waals surface area contributed by atoms with E-state index in [9.17, 15) is 0 Å². The molecular formula is C13H15NO2S. The first-order valence-corrected chi connectivity index (χ1v) is 5.94. The van der Waals surface area contributed by atoms with Gasteiger partial charge in [0, 0.05) is 0 Å². The van der Waals surface area contributed by atoms with Crippen molar-refractivity contribution in [2.24, 2.45) is 11.7 Å². The van der Waals surface area contributed by atoms with E-state index in [2.05, 4.69) is 13.8 Å². The van der Waals surface area contributed by atoms with Crippen LogP contribution in [0.4, 0.5) is 0 Å². The standard InChI is InChI=1S/C13H15NO2S/c1-8(2)7-15-11-9-5-3-4-6-10(9)16-12(11)13(14)17/h3-6,8H,7H2,1-2H3,(H2,14,17). The highest BCUT2D eigenvalue weighted by molar-refractivity contribution is 7.80. The van der Waals surface area contributed by atoms with Crippen LogP contribution < -0.4 is 10.5 Å². The van der Waals surface area contributed by atoms with Gasteiger partial charge < -0.3 is 14.9 Å². The molecular weight excluding hydrogens is 234 g/mol. The van der Waals surface area contributed by atoms with E-state index in [1.54, 1.807) is 0 Å². The number of rotatable bonds is 4. The van der Waals surface area contributed by atoms with Gasteiger partial charge in [0.2, 0.25) is 5.76 Å². The highest BCUT2D eigenvalue weighted by atomic mass is 32.1. The van der Waals surface area contributed by atoms with Gasteiger partial charge in [0.25, 0.3) is 0 Å². The maximum atomic E-state index is 5.75. The minimum Gasteiger partial charge on any atom is -0.489 e. The maximum Gasteiger partial charge on any atom is 0.204 e. The zero-order valence-corrected chi connectivity index (χ0v) is 10.7. The third kappa shape index (κ3) is 2.42. The fourth-order valence-corrected chi connectivity index (χ4v) is 1.71. The summed E-state index contributed by atoms with van der Waals surface area (Å²) in [5, 5.41) is 0.913. The molecule has 2 aromatic rings. The smallest absolute Gasteiger partial charge is 0.204 e. The van der Waals surface area contributed by atoms with Crippen LogP contribution in [-0.4, -0.2) is 11.6 Å². The third-order valence-electron chi connectivity index (χ3n) is 2.33. The van der Waals surface area contributed by atoms with Gasteiger partial charge in [0.1, 0.15) is 10.6 Å². The van der Waals surface area contributed by atoms with Gasteiger partial charge >= 0.3 is 0 Å². The quantitative estimate of drug-likeness (QED) is 0.846. The zero-order valence-electron chi connectivity index (χ0n) is 9.90. The van der Waals surface area contributed by atoms with Crippen molar-refractivity contribution in [2.45, 2.75) is 13.8 Å². The number of thiocarbonyl (C=S) groups is 1. The molecule has 0 fully saturated rings. The topological polar surface area (TPSA) is 48.4 Å². The highest BCUT2D eigenvalue weighted by Gasteiger charge is 2.17. The monoisotopic (exact) mass is 249 g/mol. The normalized spacial score (nSPS) is 11.0. The molecule has 17 heavy (non-hydrogen) atoms. The Hall–Kier alpha value is -1.55. The fraction of sp³-hybridized carbons (Fsp3) is 0.308. The molecule has 1 aromatic heterocycles. The van der Waals surface area contributed by atoms with Crippen molar-refractivity contribution in [3.63, 3.8) is 0 Å². The molecule has 0 saturated carbocycles. The van der Waals surface area contributed by atoms with Gasteiger partial charge in [0.05, 0.1) is 12.0 Å². The van der Waals surface area contributed by atoms with Crippen LogP contribution in [0.2, 0.25) is 0 Å². The second-order valence-corrected chi connectivity index (χ2v) is 4.77. The summed E-state index contributed by atoms with van der Waals surface area (Å²) in [6.45, 7) is 4.78. The summed E-state index contributed by atoms with van der Waals surface area (Å²) in [5.74, 6) is 1.55. The molecule has 0 radical (unpaired) electrons. The number of benzene rings is 1. The number of hydrogen-bond acceptors (Lipinski definition) is 3. The van der Waals surface area contributed by atoms with Gasteiger partial charge in [0.15, 0.2) is 5.75 Å². The Morgan fingerprint density at radius 2 is 2.12 bits per heavy atom. The summed E-state index contributed by atoms with van der Waals surface area (Å²) in [4.78, 5) is 0.222. The summed E-state index contributed by atoms with van der Waals surface area (Å²) in [7, 11) is 0. The molecule has 0 aliphatic carbocycles. The first-order valence-electron chi connectivity index (χ1n) is 5.53. The Balaban J connectivity index is 2.48. The lowest BCUT2D eigenvalue weighted by Gasteiger charge is -2.08. The molecule has 0 spiro atoms. The van der Waals surface area contributed by atoms with Crippen LogP contribution in [0.15, 0.2) is 28.7 Å². The molecule has 3 nitrogen and oxygen atoms in total. The molecule has 90 valence electrons. The predicted octanol–water partition coefficient (Wildman–Crippen LogP) is 3.10. The lowest BCUT2D eigenvalue weighted by molar-refractivity contribution is 0.270. The molecule has 2 rings (SSSR count). The van der Waals surface area contributed by atoms with E-state index in [1.807, 2.05) is 24.3 Å². The summed E-state index contributed by atoms with van der Waals surface area (Å²) < 4.78 is 11.4. The van der Waals surface area contributed by atoms with E-state index in [0.29, 0.717) is 24.0 Å². The highest BCUT2D eigenvalue weighted by Crippen LogP contribution is 2.33. The van der Waals surface area contributed by atoms with Crippen LogP contribution >= 0.6 is 12.2 Å². The minimum absolute atomic E-state index is 0.222. The van der Waals surface area contributed by atoms with Crippen molar-refractivity contribution in [1.29, 1.82) is 0 Å². The van der Waals surface area contributed by atoms with Crippen LogP contribution in [0.1, 0.15) is 19.6 Å². The summed E-state index contributed by atoms with van der Waals surface area (Å²) >= 11 is 4.97. The fourth-order valence-electron chi connectivity index (χ4n) is 1.58. The largest absolute Gasteiger partial charge is 0.489 e. The van der Waals surface area contributed by atoms with Crippen LogP contribution in [0, 0.1) is 5.92 Å². The van der Waals surface area contributed by atoms with Crippen LogP contribution in [0.25, 0.3) is 11.0 Å². The van der Waals surface area contributed by atoms with Crippen molar-refractivity contribution in [3.05, 3.63) is 30.0 Å².